The molecular formula is C13H16ClF3N2O. The van der Waals surface area contributed by atoms with Gasteiger partial charge in [-0.3, -0.25) is 4.79 Å². The summed E-state index contributed by atoms with van der Waals surface area (Å²) in [7, 11) is 0. The SMILES string of the molecule is Cl.O=C(CC(F)(F)F)NCC1NCCc2ccccc21. The highest BCUT2D eigenvalue weighted by atomic mass is 35.5. The summed E-state index contributed by atoms with van der Waals surface area (Å²) in [6, 6.07) is 7.63. The lowest BCUT2D eigenvalue weighted by molar-refractivity contribution is -0.153. The largest absolute Gasteiger partial charge is 0.397 e. The van der Waals surface area contributed by atoms with E-state index >= 15 is 0 Å². The quantitative estimate of drug-likeness (QED) is 0.900. The molecule has 1 aromatic rings. The van der Waals surface area contributed by atoms with Crippen molar-refractivity contribution < 1.29 is 18.0 Å². The number of halogens is 4. The van der Waals surface area contributed by atoms with Gasteiger partial charge in [0.05, 0.1) is 0 Å². The van der Waals surface area contributed by atoms with Gasteiger partial charge in [0.15, 0.2) is 0 Å². The van der Waals surface area contributed by atoms with Gasteiger partial charge < -0.3 is 10.6 Å². The predicted octanol–water partition coefficient (Wildman–Crippen LogP) is 2.36. The van der Waals surface area contributed by atoms with Crippen molar-refractivity contribution in [2.45, 2.75) is 25.1 Å². The molecule has 0 fully saturated rings. The molecule has 1 unspecified atom stereocenters. The summed E-state index contributed by atoms with van der Waals surface area (Å²) >= 11 is 0. The average molecular weight is 309 g/mol. The lowest BCUT2D eigenvalue weighted by atomic mass is 9.94. The summed E-state index contributed by atoms with van der Waals surface area (Å²) in [4.78, 5) is 11.2. The summed E-state index contributed by atoms with van der Waals surface area (Å²) < 4.78 is 36.1. The van der Waals surface area contributed by atoms with Crippen LogP contribution in [0.3, 0.4) is 0 Å². The smallest absolute Gasteiger partial charge is 0.354 e. The van der Waals surface area contributed by atoms with Crippen molar-refractivity contribution in [3.8, 4) is 0 Å². The summed E-state index contributed by atoms with van der Waals surface area (Å²) in [5, 5.41) is 5.53. The lowest BCUT2D eigenvalue weighted by Gasteiger charge is -2.27. The highest BCUT2D eigenvalue weighted by molar-refractivity contribution is 5.85. The number of hydrogen-bond acceptors (Lipinski definition) is 2. The Morgan fingerprint density at radius 3 is 2.75 bits per heavy atom. The standard InChI is InChI=1S/C13H15F3N2O.ClH/c14-13(15,16)7-12(19)18-8-11-10-4-2-1-3-9(10)5-6-17-11;/h1-4,11,17H,5-8H2,(H,18,19);1H. The number of alkyl halides is 3. The molecule has 1 heterocycles. The highest BCUT2D eigenvalue weighted by Gasteiger charge is 2.31. The van der Waals surface area contributed by atoms with E-state index in [0.717, 1.165) is 18.5 Å². The topological polar surface area (TPSA) is 41.1 Å². The van der Waals surface area contributed by atoms with Crippen LogP contribution in [0.2, 0.25) is 0 Å². The van der Waals surface area contributed by atoms with Crippen molar-refractivity contribution in [2.24, 2.45) is 0 Å². The number of hydrogen-bond donors (Lipinski definition) is 2. The van der Waals surface area contributed by atoms with Crippen LogP contribution in [0.15, 0.2) is 24.3 Å². The van der Waals surface area contributed by atoms with Crippen LogP contribution in [0, 0.1) is 0 Å². The Bertz CT molecular complexity index is 465. The molecule has 0 saturated carbocycles. The second-order valence-corrected chi connectivity index (χ2v) is 4.55. The van der Waals surface area contributed by atoms with E-state index in [-0.39, 0.29) is 25.0 Å². The second kappa shape index (κ2) is 6.95. The zero-order valence-corrected chi connectivity index (χ0v) is 11.5. The van der Waals surface area contributed by atoms with E-state index in [9.17, 15) is 18.0 Å². The Hall–Kier alpha value is -1.27. The van der Waals surface area contributed by atoms with Gasteiger partial charge in [0.2, 0.25) is 5.91 Å². The Balaban J connectivity index is 0.00000200. The molecule has 20 heavy (non-hydrogen) atoms. The number of fused-ring (bicyclic) bond motifs is 1. The molecule has 1 atom stereocenters. The van der Waals surface area contributed by atoms with Gasteiger partial charge >= 0.3 is 6.18 Å². The maximum atomic E-state index is 12.0. The molecule has 112 valence electrons. The van der Waals surface area contributed by atoms with Gasteiger partial charge in [-0.15, -0.1) is 12.4 Å². The third-order valence-corrected chi connectivity index (χ3v) is 3.08. The molecule has 1 aliphatic heterocycles. The molecule has 3 nitrogen and oxygen atoms in total. The fourth-order valence-corrected chi connectivity index (χ4v) is 2.24. The van der Waals surface area contributed by atoms with Crippen LogP contribution < -0.4 is 10.6 Å². The summed E-state index contributed by atoms with van der Waals surface area (Å²) in [5.41, 5.74) is 2.22. The average Bonchev–Trinajstić information content (AvgIpc) is 2.34. The summed E-state index contributed by atoms with van der Waals surface area (Å²) in [5.74, 6) is -0.989. The van der Waals surface area contributed by atoms with Crippen LogP contribution in [0.4, 0.5) is 13.2 Å². The Kier molecular flexibility index (Phi) is 5.83. The number of carbonyl (C=O) groups excluding carboxylic acids is 1. The fourth-order valence-electron chi connectivity index (χ4n) is 2.24. The number of carbonyl (C=O) groups is 1. The van der Waals surface area contributed by atoms with E-state index in [1.807, 2.05) is 24.3 Å². The molecule has 1 aromatic carbocycles. The number of benzene rings is 1. The van der Waals surface area contributed by atoms with Gasteiger partial charge in [0.1, 0.15) is 6.42 Å². The first kappa shape index (κ1) is 16.8. The Morgan fingerprint density at radius 2 is 2.05 bits per heavy atom. The monoisotopic (exact) mass is 308 g/mol. The van der Waals surface area contributed by atoms with Crippen LogP contribution in [-0.2, 0) is 11.2 Å². The minimum absolute atomic E-state index is 0. The molecule has 0 radical (unpaired) electrons. The van der Waals surface area contributed by atoms with Crippen molar-refractivity contribution in [3.63, 3.8) is 0 Å². The zero-order valence-electron chi connectivity index (χ0n) is 10.7. The highest BCUT2D eigenvalue weighted by Crippen LogP contribution is 2.22. The van der Waals surface area contributed by atoms with Gasteiger partial charge in [0, 0.05) is 12.6 Å². The maximum absolute atomic E-state index is 12.0. The molecule has 2 rings (SSSR count). The number of nitrogens with one attached hydrogen (secondary N) is 2. The second-order valence-electron chi connectivity index (χ2n) is 4.55. The maximum Gasteiger partial charge on any atom is 0.397 e. The van der Waals surface area contributed by atoms with Gasteiger partial charge in [-0.1, -0.05) is 24.3 Å². The molecule has 0 saturated heterocycles. The van der Waals surface area contributed by atoms with Crippen molar-refractivity contribution in [3.05, 3.63) is 35.4 Å². The Labute approximate surface area is 121 Å². The first-order valence-corrected chi connectivity index (χ1v) is 6.10. The minimum atomic E-state index is -4.46. The van der Waals surface area contributed by atoms with E-state index < -0.39 is 18.5 Å². The molecule has 1 amide bonds. The molecule has 0 bridgehead atoms. The fraction of sp³-hybridized carbons (Fsp3) is 0.462. The van der Waals surface area contributed by atoms with Crippen LogP contribution in [0.1, 0.15) is 23.6 Å². The van der Waals surface area contributed by atoms with Crippen LogP contribution in [0.25, 0.3) is 0 Å². The van der Waals surface area contributed by atoms with Crippen LogP contribution >= 0.6 is 12.4 Å². The molecule has 0 aromatic heterocycles. The lowest BCUT2D eigenvalue weighted by Crippen LogP contribution is -2.39. The third-order valence-electron chi connectivity index (χ3n) is 3.08. The van der Waals surface area contributed by atoms with Crippen LogP contribution in [0.5, 0.6) is 0 Å². The summed E-state index contributed by atoms with van der Waals surface area (Å²) in [6.45, 7) is 0.933. The Morgan fingerprint density at radius 1 is 1.35 bits per heavy atom. The predicted molar refractivity (Wildman–Crippen MR) is 71.8 cm³/mol. The normalized spacial score (nSPS) is 17.9. The first-order valence-electron chi connectivity index (χ1n) is 6.10. The van der Waals surface area contributed by atoms with Crippen LogP contribution in [-0.4, -0.2) is 25.2 Å². The zero-order chi connectivity index (χ0) is 13.9. The molecular weight excluding hydrogens is 293 g/mol. The minimum Gasteiger partial charge on any atom is -0.354 e. The van der Waals surface area contributed by atoms with Crippen molar-refractivity contribution in [2.75, 3.05) is 13.1 Å². The third kappa shape index (κ3) is 4.68. The van der Waals surface area contributed by atoms with E-state index in [1.54, 1.807) is 0 Å². The van der Waals surface area contributed by atoms with E-state index in [1.165, 1.54) is 5.56 Å². The molecule has 7 heteroatoms. The molecule has 1 aliphatic rings. The van der Waals surface area contributed by atoms with Crippen molar-refractivity contribution in [1.29, 1.82) is 0 Å². The molecule has 0 spiro atoms. The molecule has 0 aliphatic carbocycles. The van der Waals surface area contributed by atoms with Gasteiger partial charge in [-0.2, -0.15) is 13.2 Å². The van der Waals surface area contributed by atoms with Crippen molar-refractivity contribution >= 4 is 18.3 Å². The van der Waals surface area contributed by atoms with E-state index in [4.69, 9.17) is 0 Å². The molecule has 2 N–H and O–H groups in total. The van der Waals surface area contributed by atoms with Crippen molar-refractivity contribution in [1.82, 2.24) is 10.6 Å². The van der Waals surface area contributed by atoms with Gasteiger partial charge in [-0.05, 0) is 24.1 Å². The van der Waals surface area contributed by atoms with Gasteiger partial charge in [0.25, 0.3) is 0 Å². The van der Waals surface area contributed by atoms with E-state index in [2.05, 4.69) is 10.6 Å². The number of rotatable bonds is 3. The summed E-state index contributed by atoms with van der Waals surface area (Å²) in [6.07, 6.45) is -4.99. The van der Waals surface area contributed by atoms with E-state index in [0.29, 0.717) is 0 Å². The van der Waals surface area contributed by atoms with Gasteiger partial charge in [-0.25, -0.2) is 0 Å². The first-order chi connectivity index (χ1) is 8.96. The number of amides is 1.